The van der Waals surface area contributed by atoms with Gasteiger partial charge >= 0.3 is 0 Å². The maximum absolute atomic E-state index is 4.70. The number of rotatable bonds is 7. The fourth-order valence-corrected chi connectivity index (χ4v) is 2.83. The van der Waals surface area contributed by atoms with Crippen LogP contribution in [0, 0.1) is 0 Å². The maximum atomic E-state index is 4.70. The van der Waals surface area contributed by atoms with Gasteiger partial charge in [-0.1, -0.05) is 12.8 Å². The van der Waals surface area contributed by atoms with Gasteiger partial charge in [-0.3, -0.25) is 4.99 Å². The fourth-order valence-electron chi connectivity index (χ4n) is 2.83. The summed E-state index contributed by atoms with van der Waals surface area (Å²) >= 11 is 0. The molecule has 0 unspecified atom stereocenters. The Morgan fingerprint density at radius 2 is 1.73 bits per heavy atom. The topological polar surface area (TPSA) is 44.6 Å². The molecule has 2 rings (SSSR count). The summed E-state index contributed by atoms with van der Waals surface area (Å²) in [5.74, 6) is 0.935. The molecule has 0 atom stereocenters. The van der Waals surface area contributed by atoms with Crippen molar-refractivity contribution in [1.82, 2.24) is 20.1 Å². The van der Waals surface area contributed by atoms with E-state index in [1.54, 1.807) is 0 Å². The van der Waals surface area contributed by atoms with Crippen LogP contribution in [0.3, 0.4) is 0 Å². The molecule has 1 aliphatic heterocycles. The van der Waals surface area contributed by atoms with Crippen LogP contribution in [0.25, 0.3) is 0 Å². The minimum absolute atomic E-state index is 0.874. The van der Waals surface area contributed by atoms with Crippen LogP contribution in [0.2, 0.25) is 0 Å². The second-order valence-corrected chi connectivity index (χ2v) is 5.86. The van der Waals surface area contributed by atoms with Crippen LogP contribution in [0.1, 0.15) is 32.6 Å². The molecule has 22 heavy (non-hydrogen) atoms. The maximum Gasteiger partial charge on any atom is 0.191 e. The summed E-state index contributed by atoms with van der Waals surface area (Å²) in [5.41, 5.74) is 0. The number of aromatic nitrogens is 1. The zero-order valence-electron chi connectivity index (χ0n) is 13.9. The van der Waals surface area contributed by atoms with E-state index in [9.17, 15) is 0 Å². The summed E-state index contributed by atoms with van der Waals surface area (Å²) in [6, 6.07) is 4.11. The molecule has 2 N–H and O–H groups in total. The molecule has 0 spiro atoms. The highest BCUT2D eigenvalue weighted by molar-refractivity contribution is 5.79. The lowest BCUT2D eigenvalue weighted by Crippen LogP contribution is -2.39. The van der Waals surface area contributed by atoms with Crippen LogP contribution < -0.4 is 10.6 Å². The molecule has 0 bridgehead atoms. The Labute approximate surface area is 134 Å². The smallest absolute Gasteiger partial charge is 0.191 e. The first-order chi connectivity index (χ1) is 10.9. The number of aliphatic imine (C=N–C) groups is 1. The van der Waals surface area contributed by atoms with Crippen LogP contribution in [0.5, 0.6) is 0 Å². The molecule has 1 aromatic rings. The molecule has 124 valence electrons. The van der Waals surface area contributed by atoms with E-state index in [0.29, 0.717) is 0 Å². The normalized spacial score (nSPS) is 17.2. The quantitative estimate of drug-likeness (QED) is 0.597. The molecule has 1 aromatic heterocycles. The van der Waals surface area contributed by atoms with E-state index >= 15 is 0 Å². The Hall–Kier alpha value is -1.49. The average molecular weight is 305 g/mol. The molecule has 1 fully saturated rings. The first-order valence-corrected chi connectivity index (χ1v) is 8.74. The number of likely N-dealkylation sites (tertiary alicyclic amines) is 1. The SMILES string of the molecule is CCNC(=NCCN1CCCCCC1)NCCn1cccc1. The van der Waals surface area contributed by atoms with Crippen molar-refractivity contribution in [2.24, 2.45) is 4.99 Å². The monoisotopic (exact) mass is 305 g/mol. The second-order valence-electron chi connectivity index (χ2n) is 5.86. The summed E-state index contributed by atoms with van der Waals surface area (Å²) < 4.78 is 2.17. The van der Waals surface area contributed by atoms with E-state index in [1.165, 1.54) is 38.8 Å². The van der Waals surface area contributed by atoms with Crippen molar-refractivity contribution >= 4 is 5.96 Å². The van der Waals surface area contributed by atoms with E-state index < -0.39 is 0 Å². The van der Waals surface area contributed by atoms with E-state index in [1.807, 2.05) is 0 Å². The largest absolute Gasteiger partial charge is 0.357 e. The Morgan fingerprint density at radius 1 is 1.00 bits per heavy atom. The Bertz CT molecular complexity index is 405. The minimum atomic E-state index is 0.874. The highest BCUT2D eigenvalue weighted by Gasteiger charge is 2.08. The zero-order valence-corrected chi connectivity index (χ0v) is 13.9. The van der Waals surface area contributed by atoms with Crippen LogP contribution in [-0.2, 0) is 6.54 Å². The molecule has 0 aliphatic carbocycles. The minimum Gasteiger partial charge on any atom is -0.357 e. The van der Waals surface area contributed by atoms with Crippen molar-refractivity contribution in [1.29, 1.82) is 0 Å². The second kappa shape index (κ2) is 10.3. The van der Waals surface area contributed by atoms with Crippen molar-refractivity contribution < 1.29 is 0 Å². The number of nitrogens with zero attached hydrogens (tertiary/aromatic N) is 3. The summed E-state index contributed by atoms with van der Waals surface area (Å²) in [5, 5.41) is 6.73. The standard InChI is InChI=1S/C17H31N5/c1-2-18-17(20-10-16-22-13-7-8-14-22)19-9-15-21-11-5-3-4-6-12-21/h7-8,13-14H,2-6,9-12,15-16H2,1H3,(H2,18,19,20). The van der Waals surface area contributed by atoms with Crippen LogP contribution in [0.4, 0.5) is 0 Å². The summed E-state index contributed by atoms with van der Waals surface area (Å²) in [6.07, 6.45) is 9.65. The fraction of sp³-hybridized carbons (Fsp3) is 0.706. The molecule has 5 nitrogen and oxygen atoms in total. The predicted octanol–water partition coefficient (Wildman–Crippen LogP) is 1.92. The third kappa shape index (κ3) is 6.52. The Kier molecular flexibility index (Phi) is 7.88. The molecule has 5 heteroatoms. The van der Waals surface area contributed by atoms with E-state index in [4.69, 9.17) is 4.99 Å². The highest BCUT2D eigenvalue weighted by atomic mass is 15.2. The summed E-state index contributed by atoms with van der Waals surface area (Å²) in [7, 11) is 0. The van der Waals surface area contributed by atoms with Crippen molar-refractivity contribution in [3.8, 4) is 0 Å². The first kappa shape index (κ1) is 16.9. The molecular weight excluding hydrogens is 274 g/mol. The Balaban J connectivity index is 1.69. The summed E-state index contributed by atoms with van der Waals surface area (Å²) in [6.45, 7) is 9.30. The number of hydrogen-bond donors (Lipinski definition) is 2. The van der Waals surface area contributed by atoms with Crippen molar-refractivity contribution in [3.63, 3.8) is 0 Å². The van der Waals surface area contributed by atoms with Crippen LogP contribution in [-0.4, -0.2) is 54.7 Å². The molecule has 0 radical (unpaired) electrons. The molecule has 1 aliphatic rings. The zero-order chi connectivity index (χ0) is 15.5. The van der Waals surface area contributed by atoms with Gasteiger partial charge in [0.15, 0.2) is 5.96 Å². The lowest BCUT2D eigenvalue weighted by atomic mass is 10.2. The van der Waals surface area contributed by atoms with Gasteiger partial charge in [-0.25, -0.2) is 0 Å². The van der Waals surface area contributed by atoms with Gasteiger partial charge in [0.05, 0.1) is 6.54 Å². The van der Waals surface area contributed by atoms with Gasteiger partial charge in [0.2, 0.25) is 0 Å². The molecule has 0 amide bonds. The van der Waals surface area contributed by atoms with E-state index in [2.05, 4.69) is 51.6 Å². The molecule has 2 heterocycles. The number of hydrogen-bond acceptors (Lipinski definition) is 2. The third-order valence-electron chi connectivity index (χ3n) is 4.06. The van der Waals surface area contributed by atoms with Crippen molar-refractivity contribution in [2.45, 2.75) is 39.2 Å². The molecule has 0 aromatic carbocycles. The summed E-state index contributed by atoms with van der Waals surface area (Å²) in [4.78, 5) is 7.26. The van der Waals surface area contributed by atoms with Gasteiger partial charge in [-0.2, -0.15) is 0 Å². The molecule has 1 saturated heterocycles. The van der Waals surface area contributed by atoms with Gasteiger partial charge in [-0.05, 0) is 45.0 Å². The van der Waals surface area contributed by atoms with Gasteiger partial charge < -0.3 is 20.1 Å². The lowest BCUT2D eigenvalue weighted by molar-refractivity contribution is 0.293. The lowest BCUT2D eigenvalue weighted by Gasteiger charge is -2.19. The van der Waals surface area contributed by atoms with E-state index in [0.717, 1.165) is 38.7 Å². The average Bonchev–Trinajstić information content (AvgIpc) is 2.90. The van der Waals surface area contributed by atoms with Gasteiger partial charge in [-0.15, -0.1) is 0 Å². The van der Waals surface area contributed by atoms with Gasteiger partial charge in [0, 0.05) is 38.6 Å². The third-order valence-corrected chi connectivity index (χ3v) is 4.06. The highest BCUT2D eigenvalue weighted by Crippen LogP contribution is 2.08. The Morgan fingerprint density at radius 3 is 2.41 bits per heavy atom. The van der Waals surface area contributed by atoms with Crippen LogP contribution >= 0.6 is 0 Å². The van der Waals surface area contributed by atoms with Crippen molar-refractivity contribution in [3.05, 3.63) is 24.5 Å². The van der Waals surface area contributed by atoms with Gasteiger partial charge in [0.1, 0.15) is 0 Å². The van der Waals surface area contributed by atoms with Gasteiger partial charge in [0.25, 0.3) is 0 Å². The van der Waals surface area contributed by atoms with E-state index in [-0.39, 0.29) is 0 Å². The number of guanidine groups is 1. The van der Waals surface area contributed by atoms with Crippen LogP contribution in [0.15, 0.2) is 29.5 Å². The molecule has 0 saturated carbocycles. The number of nitrogens with one attached hydrogen (secondary N) is 2. The molecular formula is C17H31N5. The van der Waals surface area contributed by atoms with Crippen molar-refractivity contribution in [2.75, 3.05) is 39.3 Å². The predicted molar refractivity (Wildman–Crippen MR) is 93.3 cm³/mol. The first-order valence-electron chi connectivity index (χ1n) is 8.74.